The first-order valence-electron chi connectivity index (χ1n) is 3.42. The van der Waals surface area contributed by atoms with Crippen LogP contribution in [0.2, 0.25) is 0 Å². The summed E-state index contributed by atoms with van der Waals surface area (Å²) >= 11 is 0. The van der Waals surface area contributed by atoms with Gasteiger partial charge in [0.15, 0.2) is 0 Å². The fraction of sp³-hybridized carbons (Fsp3) is 0.429. The van der Waals surface area contributed by atoms with E-state index in [1.165, 1.54) is 0 Å². The Morgan fingerprint density at radius 2 is 2.09 bits per heavy atom. The zero-order valence-electron chi connectivity index (χ0n) is 6.04. The van der Waals surface area contributed by atoms with Gasteiger partial charge in [0.05, 0.1) is 5.92 Å². The normalized spacial score (nSPS) is 22.9. The molecule has 0 aromatic carbocycles. The van der Waals surface area contributed by atoms with Crippen molar-refractivity contribution in [2.24, 2.45) is 17.4 Å². The molecule has 60 valence electrons. The van der Waals surface area contributed by atoms with Gasteiger partial charge in [-0.05, 0) is 12.8 Å². The predicted molar refractivity (Wildman–Crippen MR) is 39.2 cm³/mol. The topological polar surface area (TPSA) is 86.2 Å². The molecule has 0 bridgehead atoms. The van der Waals surface area contributed by atoms with Crippen LogP contribution in [0.4, 0.5) is 0 Å². The minimum atomic E-state index is -0.536. The van der Waals surface area contributed by atoms with Gasteiger partial charge in [-0.25, -0.2) is 0 Å². The number of carbonyl (C=O) groups excluding carboxylic acids is 2. The van der Waals surface area contributed by atoms with E-state index in [-0.39, 0.29) is 0 Å². The van der Waals surface area contributed by atoms with Crippen molar-refractivity contribution in [3.8, 4) is 0 Å². The van der Waals surface area contributed by atoms with E-state index >= 15 is 0 Å². The van der Waals surface area contributed by atoms with Crippen molar-refractivity contribution in [2.45, 2.75) is 12.8 Å². The van der Waals surface area contributed by atoms with E-state index in [0.717, 1.165) is 0 Å². The van der Waals surface area contributed by atoms with Gasteiger partial charge in [0.2, 0.25) is 11.8 Å². The van der Waals surface area contributed by atoms with Crippen molar-refractivity contribution in [1.29, 1.82) is 0 Å². The van der Waals surface area contributed by atoms with Crippen LogP contribution in [0.25, 0.3) is 0 Å². The first-order chi connectivity index (χ1) is 5.13. The lowest BCUT2D eigenvalue weighted by Gasteiger charge is -2.06. The number of hydrogen-bond acceptors (Lipinski definition) is 2. The summed E-state index contributed by atoms with van der Waals surface area (Å²) in [6.45, 7) is 0. The number of nitrogens with two attached hydrogens (primary N) is 2. The molecule has 1 rings (SSSR count). The van der Waals surface area contributed by atoms with E-state index in [2.05, 4.69) is 0 Å². The standard InChI is InChI=1S/C7H10N2O2/c8-6(10)4-2-1-3-5(4)7(9)11/h2,5H,1,3H2,(H2,8,10)(H2,9,11). The van der Waals surface area contributed by atoms with Gasteiger partial charge in [0.25, 0.3) is 0 Å². The van der Waals surface area contributed by atoms with Crippen molar-refractivity contribution in [3.05, 3.63) is 11.6 Å². The molecule has 1 aliphatic rings. The van der Waals surface area contributed by atoms with Crippen LogP contribution in [0.1, 0.15) is 12.8 Å². The highest BCUT2D eigenvalue weighted by Crippen LogP contribution is 2.24. The van der Waals surface area contributed by atoms with Crippen molar-refractivity contribution in [3.63, 3.8) is 0 Å². The van der Waals surface area contributed by atoms with Crippen LogP contribution in [0.3, 0.4) is 0 Å². The summed E-state index contributed by atoms with van der Waals surface area (Å²) in [5.41, 5.74) is 10.4. The third kappa shape index (κ3) is 1.39. The third-order valence-corrected chi connectivity index (χ3v) is 1.82. The van der Waals surface area contributed by atoms with E-state index in [0.29, 0.717) is 18.4 Å². The van der Waals surface area contributed by atoms with Gasteiger partial charge in [0, 0.05) is 5.57 Å². The van der Waals surface area contributed by atoms with Crippen LogP contribution in [-0.4, -0.2) is 11.8 Å². The minimum absolute atomic E-state index is 0.373. The first kappa shape index (κ1) is 7.78. The summed E-state index contributed by atoms with van der Waals surface area (Å²) in [6.07, 6.45) is 3.01. The smallest absolute Gasteiger partial charge is 0.245 e. The van der Waals surface area contributed by atoms with Gasteiger partial charge >= 0.3 is 0 Å². The maximum atomic E-state index is 10.7. The molecule has 4 nitrogen and oxygen atoms in total. The van der Waals surface area contributed by atoms with Crippen LogP contribution in [0.5, 0.6) is 0 Å². The Balaban J connectivity index is 2.79. The second-order valence-corrected chi connectivity index (χ2v) is 2.56. The van der Waals surface area contributed by atoms with E-state index in [1.54, 1.807) is 6.08 Å². The summed E-state index contributed by atoms with van der Waals surface area (Å²) < 4.78 is 0. The van der Waals surface area contributed by atoms with Gasteiger partial charge < -0.3 is 11.5 Å². The third-order valence-electron chi connectivity index (χ3n) is 1.82. The molecule has 0 aliphatic heterocycles. The second kappa shape index (κ2) is 2.74. The summed E-state index contributed by atoms with van der Waals surface area (Å²) in [5.74, 6) is -1.45. The lowest BCUT2D eigenvalue weighted by atomic mass is 10.0. The molecule has 1 unspecified atom stereocenters. The quantitative estimate of drug-likeness (QED) is 0.550. The van der Waals surface area contributed by atoms with Crippen molar-refractivity contribution in [1.82, 2.24) is 0 Å². The van der Waals surface area contributed by atoms with Gasteiger partial charge in [-0.1, -0.05) is 6.08 Å². The number of allylic oxidation sites excluding steroid dienone is 1. The number of hydrogen-bond donors (Lipinski definition) is 2. The zero-order chi connectivity index (χ0) is 8.43. The van der Waals surface area contributed by atoms with Crippen molar-refractivity contribution < 1.29 is 9.59 Å². The van der Waals surface area contributed by atoms with Crippen LogP contribution in [-0.2, 0) is 9.59 Å². The van der Waals surface area contributed by atoms with Crippen LogP contribution in [0.15, 0.2) is 11.6 Å². The summed E-state index contributed by atoms with van der Waals surface area (Å²) in [7, 11) is 0. The lowest BCUT2D eigenvalue weighted by Crippen LogP contribution is -2.28. The molecule has 0 radical (unpaired) electrons. The molecule has 2 amide bonds. The molecule has 4 N–H and O–H groups in total. The average molecular weight is 154 g/mol. The second-order valence-electron chi connectivity index (χ2n) is 2.56. The average Bonchev–Trinajstić information content (AvgIpc) is 2.32. The maximum Gasteiger partial charge on any atom is 0.245 e. The van der Waals surface area contributed by atoms with Crippen LogP contribution >= 0.6 is 0 Å². The first-order valence-corrected chi connectivity index (χ1v) is 3.42. The number of carbonyl (C=O) groups is 2. The van der Waals surface area contributed by atoms with Crippen LogP contribution < -0.4 is 11.5 Å². The van der Waals surface area contributed by atoms with Crippen LogP contribution in [0, 0.1) is 5.92 Å². The Hall–Kier alpha value is -1.32. The molecule has 0 fully saturated rings. The SMILES string of the molecule is NC(=O)C1=CCCC1C(N)=O. The molecule has 0 saturated heterocycles. The van der Waals surface area contributed by atoms with E-state index in [9.17, 15) is 9.59 Å². The Morgan fingerprint density at radius 1 is 1.45 bits per heavy atom. The molecule has 0 aromatic heterocycles. The Kier molecular flexibility index (Phi) is 1.94. The highest BCUT2D eigenvalue weighted by atomic mass is 16.2. The lowest BCUT2D eigenvalue weighted by molar-refractivity contribution is -0.123. The summed E-state index contributed by atoms with van der Waals surface area (Å²) in [6, 6.07) is 0. The molecular formula is C7H10N2O2. The molecule has 4 heteroatoms. The van der Waals surface area contributed by atoms with E-state index in [4.69, 9.17) is 11.5 Å². The van der Waals surface area contributed by atoms with Gasteiger partial charge in [-0.3, -0.25) is 9.59 Å². The Bertz CT molecular complexity index is 233. The molecule has 0 saturated carbocycles. The number of primary amides is 2. The fourth-order valence-electron chi connectivity index (χ4n) is 1.27. The highest BCUT2D eigenvalue weighted by molar-refractivity contribution is 5.99. The van der Waals surface area contributed by atoms with E-state index < -0.39 is 17.7 Å². The fourth-order valence-corrected chi connectivity index (χ4v) is 1.27. The van der Waals surface area contributed by atoms with Crippen molar-refractivity contribution >= 4 is 11.8 Å². The summed E-state index contributed by atoms with van der Waals surface area (Å²) in [5, 5.41) is 0. The molecule has 1 aliphatic carbocycles. The van der Waals surface area contributed by atoms with E-state index in [1.807, 2.05) is 0 Å². The predicted octanol–water partition coefficient (Wildman–Crippen LogP) is -0.707. The van der Waals surface area contributed by atoms with Gasteiger partial charge in [-0.2, -0.15) is 0 Å². The van der Waals surface area contributed by atoms with Gasteiger partial charge in [-0.15, -0.1) is 0 Å². The monoisotopic (exact) mass is 154 g/mol. The minimum Gasteiger partial charge on any atom is -0.369 e. The molecule has 11 heavy (non-hydrogen) atoms. The molecule has 1 atom stereocenters. The number of rotatable bonds is 2. The molecule has 0 spiro atoms. The molecule has 0 aromatic rings. The zero-order valence-corrected chi connectivity index (χ0v) is 6.04. The Morgan fingerprint density at radius 3 is 2.45 bits per heavy atom. The van der Waals surface area contributed by atoms with Crippen molar-refractivity contribution in [2.75, 3.05) is 0 Å². The Labute approximate surface area is 64.2 Å². The number of amides is 2. The maximum absolute atomic E-state index is 10.7. The molecule has 0 heterocycles. The van der Waals surface area contributed by atoms with Gasteiger partial charge in [0.1, 0.15) is 0 Å². The molecular weight excluding hydrogens is 144 g/mol. The summed E-state index contributed by atoms with van der Waals surface area (Å²) in [4.78, 5) is 21.4. The largest absolute Gasteiger partial charge is 0.369 e. The highest BCUT2D eigenvalue weighted by Gasteiger charge is 2.27.